The van der Waals surface area contributed by atoms with Crippen LogP contribution in [0.3, 0.4) is 0 Å². The van der Waals surface area contributed by atoms with Crippen LogP contribution in [0.2, 0.25) is 0 Å². The van der Waals surface area contributed by atoms with Crippen LogP contribution in [0.5, 0.6) is 0 Å². The summed E-state index contributed by atoms with van der Waals surface area (Å²) >= 11 is 0. The van der Waals surface area contributed by atoms with Crippen molar-refractivity contribution in [2.24, 2.45) is 0 Å². The maximum absolute atomic E-state index is 11.9. The third-order valence-electron chi connectivity index (χ3n) is 2.85. The molecule has 0 heterocycles. The van der Waals surface area contributed by atoms with Gasteiger partial charge in [0.25, 0.3) is 0 Å². The van der Waals surface area contributed by atoms with Crippen molar-refractivity contribution in [2.75, 3.05) is 7.05 Å². The number of rotatable bonds is 5. The molecule has 2 atom stereocenters. The first kappa shape index (κ1) is 16.5. The number of nitriles is 1. The van der Waals surface area contributed by atoms with Gasteiger partial charge < -0.3 is 20.4 Å². The zero-order chi connectivity index (χ0) is 16.0. The number of carboxylic acid groups (broad SMARTS) is 1. The van der Waals surface area contributed by atoms with Crippen LogP contribution >= 0.6 is 0 Å². The van der Waals surface area contributed by atoms with Crippen LogP contribution in [0.4, 0.5) is 4.79 Å². The van der Waals surface area contributed by atoms with E-state index in [0.29, 0.717) is 5.56 Å². The second kappa shape index (κ2) is 7.26. The van der Waals surface area contributed by atoms with Crippen molar-refractivity contribution in [1.29, 1.82) is 5.26 Å². The van der Waals surface area contributed by atoms with Crippen molar-refractivity contribution < 1.29 is 19.8 Å². The fourth-order valence-corrected chi connectivity index (χ4v) is 1.72. The Hall–Kier alpha value is -2.59. The summed E-state index contributed by atoms with van der Waals surface area (Å²) in [4.78, 5) is 24.1. The highest BCUT2D eigenvalue weighted by Crippen LogP contribution is 2.07. The molecule has 1 rings (SSSR count). The average Bonchev–Trinajstić information content (AvgIpc) is 2.43. The van der Waals surface area contributed by atoms with E-state index in [0.717, 1.165) is 5.56 Å². The van der Waals surface area contributed by atoms with E-state index in [-0.39, 0.29) is 6.54 Å². The lowest BCUT2D eigenvalue weighted by molar-refractivity contribution is -0.141. The van der Waals surface area contributed by atoms with E-state index in [1.54, 1.807) is 24.3 Å². The second-order valence-electron chi connectivity index (χ2n) is 4.67. The Morgan fingerprint density at radius 2 is 2.14 bits per heavy atom. The highest BCUT2D eigenvalue weighted by Gasteiger charge is 2.26. The van der Waals surface area contributed by atoms with Gasteiger partial charge in [0.1, 0.15) is 0 Å². The summed E-state index contributed by atoms with van der Waals surface area (Å²) in [5, 5.41) is 29.3. The predicted molar refractivity (Wildman–Crippen MR) is 74.3 cm³/mol. The number of hydrogen-bond acceptors (Lipinski definition) is 4. The van der Waals surface area contributed by atoms with Gasteiger partial charge in [-0.1, -0.05) is 12.1 Å². The van der Waals surface area contributed by atoms with Crippen LogP contribution in [0.15, 0.2) is 24.3 Å². The average molecular weight is 291 g/mol. The molecule has 1 aromatic rings. The molecule has 21 heavy (non-hydrogen) atoms. The minimum atomic E-state index is -1.37. The molecule has 2 unspecified atom stereocenters. The number of benzene rings is 1. The molecule has 112 valence electrons. The molecule has 7 nitrogen and oxygen atoms in total. The Bertz CT molecular complexity index is 566. The minimum Gasteiger partial charge on any atom is -0.480 e. The van der Waals surface area contributed by atoms with Crippen LogP contribution in [0.25, 0.3) is 0 Å². The molecule has 0 fully saturated rings. The van der Waals surface area contributed by atoms with Crippen molar-refractivity contribution in [3.05, 3.63) is 35.4 Å². The number of carbonyl (C=O) groups excluding carboxylic acids is 1. The van der Waals surface area contributed by atoms with Crippen molar-refractivity contribution in [3.63, 3.8) is 0 Å². The molecule has 0 aliphatic heterocycles. The second-order valence-corrected chi connectivity index (χ2v) is 4.67. The fourth-order valence-electron chi connectivity index (χ4n) is 1.72. The summed E-state index contributed by atoms with van der Waals surface area (Å²) in [5.74, 6) is -1.31. The first-order valence-corrected chi connectivity index (χ1v) is 6.26. The van der Waals surface area contributed by atoms with Gasteiger partial charge >= 0.3 is 12.0 Å². The van der Waals surface area contributed by atoms with Crippen LogP contribution in [-0.4, -0.2) is 46.3 Å². The molecule has 7 heteroatoms. The lowest BCUT2D eigenvalue weighted by Gasteiger charge is -2.22. The number of aliphatic hydroxyl groups excluding tert-OH is 1. The van der Waals surface area contributed by atoms with Crippen molar-refractivity contribution in [1.82, 2.24) is 10.2 Å². The fraction of sp³-hybridized carbons (Fsp3) is 0.357. The number of hydrogen-bond donors (Lipinski definition) is 3. The summed E-state index contributed by atoms with van der Waals surface area (Å²) in [7, 11) is 1.50. The number of aliphatic hydroxyl groups is 1. The zero-order valence-corrected chi connectivity index (χ0v) is 11.8. The maximum Gasteiger partial charge on any atom is 0.328 e. The monoisotopic (exact) mass is 291 g/mol. The Balaban J connectivity index is 2.70. The van der Waals surface area contributed by atoms with E-state index in [2.05, 4.69) is 5.32 Å². The molecule has 0 saturated carbocycles. The van der Waals surface area contributed by atoms with Gasteiger partial charge in [0.05, 0.1) is 17.7 Å². The Morgan fingerprint density at radius 1 is 1.48 bits per heavy atom. The summed E-state index contributed by atoms with van der Waals surface area (Å²) in [6.07, 6.45) is -1.21. The van der Waals surface area contributed by atoms with E-state index >= 15 is 0 Å². The number of nitrogens with one attached hydrogen (secondary N) is 1. The minimum absolute atomic E-state index is 0.216. The maximum atomic E-state index is 11.9. The number of carboxylic acids is 1. The number of amides is 2. The first-order chi connectivity index (χ1) is 9.85. The third kappa shape index (κ3) is 4.78. The van der Waals surface area contributed by atoms with Gasteiger partial charge in [-0.25, -0.2) is 9.59 Å². The smallest absolute Gasteiger partial charge is 0.328 e. The number of aliphatic carboxylic acids is 1. The molecule has 0 aliphatic rings. The van der Waals surface area contributed by atoms with Crippen LogP contribution in [0.1, 0.15) is 18.1 Å². The molecule has 0 saturated heterocycles. The van der Waals surface area contributed by atoms with E-state index in [1.807, 2.05) is 6.07 Å². The molecule has 0 bridgehead atoms. The zero-order valence-electron chi connectivity index (χ0n) is 11.8. The van der Waals surface area contributed by atoms with Crippen LogP contribution in [-0.2, 0) is 11.3 Å². The summed E-state index contributed by atoms with van der Waals surface area (Å²) in [6.45, 7) is 1.50. The van der Waals surface area contributed by atoms with Gasteiger partial charge in [-0.05, 0) is 24.6 Å². The van der Waals surface area contributed by atoms with Gasteiger partial charge in [-0.15, -0.1) is 0 Å². The number of urea groups is 1. The summed E-state index contributed by atoms with van der Waals surface area (Å²) in [6, 6.07) is 6.77. The molecule has 2 amide bonds. The molecule has 0 spiro atoms. The molecule has 3 N–H and O–H groups in total. The van der Waals surface area contributed by atoms with Gasteiger partial charge in [0.15, 0.2) is 6.04 Å². The van der Waals surface area contributed by atoms with Crippen molar-refractivity contribution >= 4 is 12.0 Å². The number of carbonyl (C=O) groups is 2. The third-order valence-corrected chi connectivity index (χ3v) is 2.85. The predicted octanol–water partition coefficient (Wildman–Crippen LogP) is 0.534. The molecule has 1 aromatic carbocycles. The topological polar surface area (TPSA) is 114 Å². The normalized spacial score (nSPS) is 12.9. The Morgan fingerprint density at radius 3 is 2.67 bits per heavy atom. The Kier molecular flexibility index (Phi) is 5.69. The highest BCUT2D eigenvalue weighted by molar-refractivity contribution is 5.82. The standard InChI is InChI=1S/C14H17N3O4/c1-9(18)12(13(19)20)16-14(21)17(2)8-11-5-3-4-10(6-11)7-15/h3-6,9,12,18H,8H2,1-2H3,(H,16,21)(H,19,20). The molecular formula is C14H17N3O4. The van der Waals surface area contributed by atoms with Crippen molar-refractivity contribution in [2.45, 2.75) is 25.6 Å². The van der Waals surface area contributed by atoms with E-state index in [9.17, 15) is 14.7 Å². The molecular weight excluding hydrogens is 274 g/mol. The summed E-state index contributed by atoms with van der Waals surface area (Å²) in [5.41, 5.74) is 1.23. The van der Waals surface area contributed by atoms with Crippen LogP contribution < -0.4 is 5.32 Å². The lowest BCUT2D eigenvalue weighted by Crippen LogP contribution is -2.51. The van der Waals surface area contributed by atoms with E-state index in [1.165, 1.54) is 18.9 Å². The first-order valence-electron chi connectivity index (χ1n) is 6.26. The van der Waals surface area contributed by atoms with Gasteiger partial charge in [0, 0.05) is 13.6 Å². The van der Waals surface area contributed by atoms with E-state index < -0.39 is 24.1 Å². The van der Waals surface area contributed by atoms with Gasteiger partial charge in [-0.3, -0.25) is 0 Å². The van der Waals surface area contributed by atoms with Crippen molar-refractivity contribution in [3.8, 4) is 6.07 Å². The van der Waals surface area contributed by atoms with Gasteiger partial charge in [-0.2, -0.15) is 5.26 Å². The molecule has 0 radical (unpaired) electrons. The van der Waals surface area contributed by atoms with E-state index in [4.69, 9.17) is 10.4 Å². The largest absolute Gasteiger partial charge is 0.480 e. The summed E-state index contributed by atoms with van der Waals surface area (Å²) < 4.78 is 0. The highest BCUT2D eigenvalue weighted by atomic mass is 16.4. The van der Waals surface area contributed by atoms with Gasteiger partial charge in [0.2, 0.25) is 0 Å². The molecule has 0 aliphatic carbocycles. The number of nitrogens with zero attached hydrogens (tertiary/aromatic N) is 2. The molecule has 0 aromatic heterocycles. The quantitative estimate of drug-likeness (QED) is 0.732. The Labute approximate surface area is 122 Å². The lowest BCUT2D eigenvalue weighted by atomic mass is 10.1. The van der Waals surface area contributed by atoms with Crippen LogP contribution in [0, 0.1) is 11.3 Å². The SMILES string of the molecule is CC(O)C(NC(=O)N(C)Cc1cccc(C#N)c1)C(=O)O.